The maximum absolute atomic E-state index is 14.1. The molecule has 0 bridgehead atoms. The van der Waals surface area contributed by atoms with Gasteiger partial charge < -0.3 is 15.5 Å². The highest BCUT2D eigenvalue weighted by Gasteiger charge is 2.16. The van der Waals surface area contributed by atoms with Crippen molar-refractivity contribution in [2.45, 2.75) is 12.5 Å². The standard InChI is InChI=1S/C19H15Cl2FN4O4/c20-13-2-1-3-14(21)17(13)26-9-15(24-25-26)10-6-11(8-12(22)7-10)18(28)23-5-4-16(27)19(29)30/h1-3,6-9,16,27H,4-5H2,(H,23,28)(H,29,30)/t16-/m0/s1. The van der Waals surface area contributed by atoms with Crippen LogP contribution in [0.3, 0.4) is 0 Å². The highest BCUT2D eigenvalue weighted by molar-refractivity contribution is 6.37. The predicted molar refractivity (Wildman–Crippen MR) is 107 cm³/mol. The second-order valence-electron chi connectivity index (χ2n) is 6.25. The molecule has 11 heteroatoms. The van der Waals surface area contributed by atoms with Crippen molar-refractivity contribution >= 4 is 35.1 Å². The first-order chi connectivity index (χ1) is 14.3. The van der Waals surface area contributed by atoms with E-state index in [9.17, 15) is 19.1 Å². The number of para-hydroxylation sites is 1. The van der Waals surface area contributed by atoms with Crippen molar-refractivity contribution in [3.05, 3.63) is 64.0 Å². The number of carbonyl (C=O) groups excluding carboxylic acids is 1. The number of hydrogen-bond acceptors (Lipinski definition) is 5. The minimum absolute atomic E-state index is 0.000130. The summed E-state index contributed by atoms with van der Waals surface area (Å²) in [7, 11) is 0. The Morgan fingerprint density at radius 1 is 1.20 bits per heavy atom. The van der Waals surface area contributed by atoms with Gasteiger partial charge in [0.25, 0.3) is 5.91 Å². The molecular weight excluding hydrogens is 438 g/mol. The van der Waals surface area contributed by atoms with Crippen LogP contribution in [0.25, 0.3) is 16.9 Å². The second kappa shape index (κ2) is 9.21. The molecule has 1 heterocycles. The summed E-state index contributed by atoms with van der Waals surface area (Å²) in [5.74, 6) is -2.69. The molecule has 0 saturated carbocycles. The van der Waals surface area contributed by atoms with Crippen LogP contribution >= 0.6 is 23.2 Å². The van der Waals surface area contributed by atoms with Gasteiger partial charge in [0.1, 0.15) is 17.2 Å². The van der Waals surface area contributed by atoms with Gasteiger partial charge in [0.15, 0.2) is 6.10 Å². The summed E-state index contributed by atoms with van der Waals surface area (Å²) in [4.78, 5) is 22.9. The summed E-state index contributed by atoms with van der Waals surface area (Å²) >= 11 is 12.3. The number of rotatable bonds is 7. The van der Waals surface area contributed by atoms with Crippen molar-refractivity contribution in [1.82, 2.24) is 20.3 Å². The van der Waals surface area contributed by atoms with E-state index in [2.05, 4.69) is 15.6 Å². The number of aliphatic carboxylic acids is 1. The van der Waals surface area contributed by atoms with Gasteiger partial charge in [0.2, 0.25) is 0 Å². The maximum atomic E-state index is 14.1. The van der Waals surface area contributed by atoms with Crippen molar-refractivity contribution in [2.24, 2.45) is 0 Å². The highest BCUT2D eigenvalue weighted by atomic mass is 35.5. The molecule has 0 fully saturated rings. The van der Waals surface area contributed by atoms with Gasteiger partial charge in [-0.1, -0.05) is 34.5 Å². The van der Waals surface area contributed by atoms with Crippen LogP contribution in [-0.2, 0) is 4.79 Å². The molecule has 1 atom stereocenters. The number of aliphatic hydroxyl groups is 1. The Kier molecular flexibility index (Phi) is 6.66. The molecule has 0 aliphatic heterocycles. The average molecular weight is 453 g/mol. The first-order valence-electron chi connectivity index (χ1n) is 8.63. The number of amides is 1. The van der Waals surface area contributed by atoms with Crippen molar-refractivity contribution < 1.29 is 24.2 Å². The number of carboxylic acids is 1. The van der Waals surface area contributed by atoms with Crippen molar-refractivity contribution in [1.29, 1.82) is 0 Å². The first-order valence-corrected chi connectivity index (χ1v) is 9.38. The topological polar surface area (TPSA) is 117 Å². The van der Waals surface area contributed by atoms with E-state index in [4.69, 9.17) is 28.3 Å². The molecule has 0 saturated heterocycles. The fourth-order valence-electron chi connectivity index (χ4n) is 2.63. The van der Waals surface area contributed by atoms with Crippen LogP contribution in [0.5, 0.6) is 0 Å². The number of nitrogens with zero attached hydrogens (tertiary/aromatic N) is 3. The number of aliphatic hydroxyl groups excluding tert-OH is 1. The van der Waals surface area contributed by atoms with Crippen LogP contribution < -0.4 is 5.32 Å². The van der Waals surface area contributed by atoms with Gasteiger partial charge in [-0.2, -0.15) is 0 Å². The lowest BCUT2D eigenvalue weighted by Crippen LogP contribution is -2.30. The summed E-state index contributed by atoms with van der Waals surface area (Å²) in [5.41, 5.74) is 0.979. The molecule has 3 N–H and O–H groups in total. The fraction of sp³-hybridized carbons (Fsp3) is 0.158. The zero-order chi connectivity index (χ0) is 21.8. The molecule has 0 spiro atoms. The minimum atomic E-state index is -1.60. The van der Waals surface area contributed by atoms with E-state index in [1.54, 1.807) is 18.2 Å². The number of hydrogen-bond donors (Lipinski definition) is 3. The summed E-state index contributed by atoms with van der Waals surface area (Å²) in [5, 5.41) is 29.0. The maximum Gasteiger partial charge on any atom is 0.332 e. The summed E-state index contributed by atoms with van der Waals surface area (Å²) in [6.45, 7) is -0.0979. The van der Waals surface area contributed by atoms with Crippen molar-refractivity contribution in [2.75, 3.05) is 6.54 Å². The molecule has 3 rings (SSSR count). The van der Waals surface area contributed by atoms with Gasteiger partial charge in [0, 0.05) is 24.1 Å². The lowest BCUT2D eigenvalue weighted by molar-refractivity contribution is -0.146. The van der Waals surface area contributed by atoms with E-state index < -0.39 is 23.8 Å². The van der Waals surface area contributed by atoms with Crippen LogP contribution in [0.15, 0.2) is 42.6 Å². The normalized spacial score (nSPS) is 11.9. The minimum Gasteiger partial charge on any atom is -0.479 e. The monoisotopic (exact) mass is 452 g/mol. The molecule has 1 amide bonds. The van der Waals surface area contributed by atoms with E-state index in [1.165, 1.54) is 23.0 Å². The number of halogens is 3. The zero-order valence-electron chi connectivity index (χ0n) is 15.2. The first kappa shape index (κ1) is 21.7. The number of carbonyl (C=O) groups is 2. The lowest BCUT2D eigenvalue weighted by Gasteiger charge is -2.08. The van der Waals surface area contributed by atoms with Crippen LogP contribution in [0.4, 0.5) is 4.39 Å². The van der Waals surface area contributed by atoms with Crippen molar-refractivity contribution in [3.63, 3.8) is 0 Å². The third-order valence-electron chi connectivity index (χ3n) is 4.10. The number of benzene rings is 2. The van der Waals surface area contributed by atoms with Gasteiger partial charge in [-0.05, 0) is 30.3 Å². The Bertz CT molecular complexity index is 1090. The Labute approximate surface area is 179 Å². The molecule has 2 aromatic carbocycles. The molecular formula is C19H15Cl2FN4O4. The predicted octanol–water partition coefficient (Wildman–Crippen LogP) is 2.95. The summed E-state index contributed by atoms with van der Waals surface area (Å²) < 4.78 is 15.4. The van der Waals surface area contributed by atoms with Crippen LogP contribution in [0.1, 0.15) is 16.8 Å². The largest absolute Gasteiger partial charge is 0.479 e. The Hall–Kier alpha value is -3.01. The quantitative estimate of drug-likeness (QED) is 0.507. The number of nitrogens with one attached hydrogen (secondary N) is 1. The molecule has 1 aromatic heterocycles. The van der Waals surface area contributed by atoms with E-state index in [1.807, 2.05) is 0 Å². The smallest absolute Gasteiger partial charge is 0.332 e. The third kappa shape index (κ3) is 4.93. The molecule has 3 aromatic rings. The summed E-state index contributed by atoms with van der Waals surface area (Å²) in [6.07, 6.45) is -0.289. The fourth-order valence-corrected chi connectivity index (χ4v) is 3.20. The third-order valence-corrected chi connectivity index (χ3v) is 4.71. The molecule has 0 radical (unpaired) electrons. The van der Waals surface area contributed by atoms with Gasteiger partial charge in [0.05, 0.1) is 16.2 Å². The van der Waals surface area contributed by atoms with E-state index in [0.717, 1.165) is 6.07 Å². The van der Waals surface area contributed by atoms with Crippen LogP contribution in [0, 0.1) is 5.82 Å². The van der Waals surface area contributed by atoms with Gasteiger partial charge in [-0.15, -0.1) is 5.10 Å². The van der Waals surface area contributed by atoms with E-state index in [-0.39, 0.29) is 24.2 Å². The molecule has 30 heavy (non-hydrogen) atoms. The number of carboxylic acid groups (broad SMARTS) is 1. The van der Waals surface area contributed by atoms with E-state index >= 15 is 0 Å². The molecule has 0 unspecified atom stereocenters. The Morgan fingerprint density at radius 3 is 2.57 bits per heavy atom. The average Bonchev–Trinajstić information content (AvgIpc) is 3.17. The van der Waals surface area contributed by atoms with Gasteiger partial charge in [-0.25, -0.2) is 13.9 Å². The molecule has 0 aliphatic rings. The second-order valence-corrected chi connectivity index (χ2v) is 7.06. The van der Waals surface area contributed by atoms with Gasteiger partial charge >= 0.3 is 5.97 Å². The summed E-state index contributed by atoms with van der Waals surface area (Å²) in [6, 6.07) is 8.58. The SMILES string of the molecule is O=C(NCC[C@H](O)C(=O)O)c1cc(F)cc(-c2cn(-c3c(Cl)cccc3Cl)nn2)c1. The van der Waals surface area contributed by atoms with Crippen LogP contribution in [0.2, 0.25) is 10.0 Å². The number of aromatic nitrogens is 3. The molecule has 8 nitrogen and oxygen atoms in total. The van der Waals surface area contributed by atoms with Crippen molar-refractivity contribution in [3.8, 4) is 16.9 Å². The molecule has 0 aliphatic carbocycles. The molecule has 156 valence electrons. The zero-order valence-corrected chi connectivity index (χ0v) is 16.7. The Morgan fingerprint density at radius 2 is 1.90 bits per heavy atom. The lowest BCUT2D eigenvalue weighted by atomic mass is 10.1. The van der Waals surface area contributed by atoms with Crippen LogP contribution in [-0.4, -0.2) is 49.7 Å². The Balaban J connectivity index is 1.81. The van der Waals surface area contributed by atoms with Gasteiger partial charge in [-0.3, -0.25) is 4.79 Å². The van der Waals surface area contributed by atoms with E-state index in [0.29, 0.717) is 21.3 Å². The highest BCUT2D eigenvalue weighted by Crippen LogP contribution is 2.29.